The summed E-state index contributed by atoms with van der Waals surface area (Å²) in [5.41, 5.74) is 2.20. The Morgan fingerprint density at radius 3 is 2.93 bits per heavy atom. The van der Waals surface area contributed by atoms with Crippen molar-refractivity contribution in [1.82, 2.24) is 19.1 Å². The topological polar surface area (TPSA) is 84.4 Å². The van der Waals surface area contributed by atoms with Crippen LogP contribution in [0.15, 0.2) is 39.8 Å². The molecular formula is C21H24N6O3. The van der Waals surface area contributed by atoms with Gasteiger partial charge in [0, 0.05) is 56.8 Å². The third-order valence-corrected chi connectivity index (χ3v) is 6.84. The lowest BCUT2D eigenvalue weighted by molar-refractivity contribution is -0.130. The van der Waals surface area contributed by atoms with Crippen LogP contribution in [0.1, 0.15) is 6.42 Å². The second-order valence-corrected chi connectivity index (χ2v) is 8.63. The summed E-state index contributed by atoms with van der Waals surface area (Å²) in [6.45, 7) is 3.41. The lowest BCUT2D eigenvalue weighted by Gasteiger charge is -2.41. The van der Waals surface area contributed by atoms with E-state index in [1.54, 1.807) is 23.9 Å². The Balaban J connectivity index is 1.30. The Kier molecular flexibility index (Phi) is 3.89. The molecule has 6 rings (SSSR count). The van der Waals surface area contributed by atoms with Gasteiger partial charge in [0.2, 0.25) is 0 Å². The zero-order chi connectivity index (χ0) is 20.4. The number of fused-ring (bicyclic) bond motifs is 4. The molecule has 2 saturated heterocycles. The third-order valence-electron chi connectivity index (χ3n) is 6.84. The maximum absolute atomic E-state index is 12.9. The van der Waals surface area contributed by atoms with Crippen molar-refractivity contribution in [1.29, 1.82) is 0 Å². The number of nitrogens with zero attached hydrogens (tertiary/aromatic N) is 6. The smallest absolute Gasteiger partial charge is 0.350 e. The van der Waals surface area contributed by atoms with Crippen LogP contribution in [0.25, 0.3) is 5.65 Å². The number of ether oxygens (including phenoxy) is 1. The van der Waals surface area contributed by atoms with E-state index in [9.17, 15) is 9.59 Å². The van der Waals surface area contributed by atoms with Crippen molar-refractivity contribution in [2.24, 2.45) is 29.8 Å². The Labute approximate surface area is 173 Å². The van der Waals surface area contributed by atoms with Gasteiger partial charge in [-0.15, -0.1) is 0 Å². The molecule has 4 atom stereocenters. The fourth-order valence-electron chi connectivity index (χ4n) is 5.12. The Bertz CT molecular complexity index is 1140. The first-order chi connectivity index (χ1) is 14.6. The molecule has 156 valence electrons. The van der Waals surface area contributed by atoms with Crippen molar-refractivity contribution in [3.05, 3.63) is 40.5 Å². The fraction of sp³-hybridized carbons (Fsp3) is 0.524. The number of aliphatic imine (C=N–C) groups is 1. The van der Waals surface area contributed by atoms with E-state index in [1.165, 1.54) is 11.1 Å². The molecule has 9 heteroatoms. The summed E-state index contributed by atoms with van der Waals surface area (Å²) in [6.07, 6.45) is 6.83. The molecule has 5 heterocycles. The molecule has 1 aliphatic carbocycles. The predicted molar refractivity (Wildman–Crippen MR) is 111 cm³/mol. The molecule has 4 unspecified atom stereocenters. The third kappa shape index (κ3) is 2.72. The van der Waals surface area contributed by atoms with Crippen molar-refractivity contribution >= 4 is 23.5 Å². The van der Waals surface area contributed by atoms with Crippen LogP contribution >= 0.6 is 0 Å². The molecule has 30 heavy (non-hydrogen) atoms. The number of aromatic nitrogens is 3. The van der Waals surface area contributed by atoms with Crippen molar-refractivity contribution in [3.8, 4) is 0 Å². The SMILES string of the molecule is Cn1nc2cc(N3CC4CC4C4C=C(C(=O)N5CCOCC5)C=NC43)ccn2c1=O. The first-order valence-corrected chi connectivity index (χ1v) is 10.5. The normalized spacial score (nSPS) is 30.1. The number of hydrogen-bond acceptors (Lipinski definition) is 6. The molecule has 2 aromatic rings. The summed E-state index contributed by atoms with van der Waals surface area (Å²) in [5.74, 6) is 1.51. The quantitative estimate of drug-likeness (QED) is 0.714. The number of aryl methyl sites for hydroxylation is 1. The average Bonchev–Trinajstić information content (AvgIpc) is 3.52. The molecule has 0 spiro atoms. The van der Waals surface area contributed by atoms with Crippen molar-refractivity contribution < 1.29 is 9.53 Å². The number of hydrogen-bond donors (Lipinski definition) is 0. The number of pyridine rings is 1. The lowest BCUT2D eigenvalue weighted by Crippen LogP contribution is -2.48. The molecule has 1 saturated carbocycles. The van der Waals surface area contributed by atoms with Gasteiger partial charge in [-0.05, 0) is 24.3 Å². The van der Waals surface area contributed by atoms with Crippen LogP contribution in [0.5, 0.6) is 0 Å². The lowest BCUT2D eigenvalue weighted by atomic mass is 9.89. The van der Waals surface area contributed by atoms with E-state index in [4.69, 9.17) is 9.73 Å². The van der Waals surface area contributed by atoms with E-state index in [1.807, 2.05) is 17.0 Å². The van der Waals surface area contributed by atoms with Crippen LogP contribution in [-0.2, 0) is 16.6 Å². The van der Waals surface area contributed by atoms with Crippen LogP contribution in [0.2, 0.25) is 0 Å². The van der Waals surface area contributed by atoms with Crippen LogP contribution in [0.3, 0.4) is 0 Å². The first-order valence-electron chi connectivity index (χ1n) is 10.5. The van der Waals surface area contributed by atoms with Gasteiger partial charge < -0.3 is 14.5 Å². The van der Waals surface area contributed by atoms with Crippen LogP contribution in [0, 0.1) is 17.8 Å². The number of carbonyl (C=O) groups is 1. The predicted octanol–water partition coefficient (Wildman–Crippen LogP) is 0.301. The highest BCUT2D eigenvalue weighted by molar-refractivity contribution is 6.12. The van der Waals surface area contributed by atoms with Gasteiger partial charge in [0.1, 0.15) is 6.17 Å². The molecule has 3 aliphatic heterocycles. The number of piperidine rings is 1. The minimum atomic E-state index is -0.153. The minimum Gasteiger partial charge on any atom is -0.378 e. The summed E-state index contributed by atoms with van der Waals surface area (Å²) in [4.78, 5) is 34.1. The Morgan fingerprint density at radius 2 is 2.10 bits per heavy atom. The Morgan fingerprint density at radius 1 is 1.27 bits per heavy atom. The number of dihydropyridines is 1. The maximum atomic E-state index is 12.9. The maximum Gasteiger partial charge on any atom is 0.350 e. The van der Waals surface area contributed by atoms with Gasteiger partial charge in [0.05, 0.1) is 18.8 Å². The van der Waals surface area contributed by atoms with E-state index < -0.39 is 0 Å². The second kappa shape index (κ2) is 6.53. The van der Waals surface area contributed by atoms with Crippen LogP contribution in [-0.4, -0.2) is 70.2 Å². The zero-order valence-electron chi connectivity index (χ0n) is 16.8. The van der Waals surface area contributed by atoms with Gasteiger partial charge in [-0.1, -0.05) is 6.08 Å². The van der Waals surface area contributed by atoms with Crippen LogP contribution < -0.4 is 10.6 Å². The van der Waals surface area contributed by atoms with E-state index in [2.05, 4.69) is 16.1 Å². The van der Waals surface area contributed by atoms with Gasteiger partial charge in [-0.2, -0.15) is 5.10 Å². The first kappa shape index (κ1) is 17.9. The van der Waals surface area contributed by atoms with Gasteiger partial charge in [-0.3, -0.25) is 14.2 Å². The van der Waals surface area contributed by atoms with Crippen molar-refractivity contribution in [2.45, 2.75) is 12.6 Å². The molecule has 0 bridgehead atoms. The summed E-state index contributed by atoms with van der Waals surface area (Å²) in [6, 6.07) is 3.91. The molecule has 4 aliphatic rings. The molecule has 0 aromatic carbocycles. The number of anilines is 1. The van der Waals surface area contributed by atoms with Crippen molar-refractivity contribution in [3.63, 3.8) is 0 Å². The van der Waals surface area contributed by atoms with E-state index >= 15 is 0 Å². The average molecular weight is 408 g/mol. The summed E-state index contributed by atoms with van der Waals surface area (Å²) in [7, 11) is 1.66. The standard InChI is InChI=1S/C21H24N6O3/c1-24-21(29)26-3-2-15(10-18(26)23-24)27-12-14-9-16(14)17-8-13(11-22-19(17)27)20(28)25-4-6-30-7-5-25/h2-3,8,10-11,14,16-17,19H,4-7,9,12H2,1H3. The Hall–Kier alpha value is -2.94. The van der Waals surface area contributed by atoms with Gasteiger partial charge in [0.25, 0.3) is 5.91 Å². The van der Waals surface area contributed by atoms with Crippen molar-refractivity contribution in [2.75, 3.05) is 37.7 Å². The molecule has 0 N–H and O–H groups in total. The van der Waals surface area contributed by atoms with Crippen LogP contribution in [0.4, 0.5) is 5.69 Å². The van der Waals surface area contributed by atoms with E-state index in [0.29, 0.717) is 49.4 Å². The van der Waals surface area contributed by atoms with Gasteiger partial charge >= 0.3 is 5.69 Å². The molecule has 2 aromatic heterocycles. The van der Waals surface area contributed by atoms with Gasteiger partial charge in [-0.25, -0.2) is 9.48 Å². The second-order valence-electron chi connectivity index (χ2n) is 8.63. The van der Waals surface area contributed by atoms with Gasteiger partial charge in [0.15, 0.2) is 5.65 Å². The zero-order valence-corrected chi connectivity index (χ0v) is 16.8. The van der Waals surface area contributed by atoms with E-state index in [0.717, 1.165) is 12.2 Å². The number of morpholine rings is 1. The molecule has 0 radical (unpaired) electrons. The molecule has 9 nitrogen and oxygen atoms in total. The highest BCUT2D eigenvalue weighted by atomic mass is 16.5. The highest BCUT2D eigenvalue weighted by Gasteiger charge is 2.52. The summed E-state index contributed by atoms with van der Waals surface area (Å²) >= 11 is 0. The number of carbonyl (C=O) groups excluding carboxylic acids is 1. The molecule has 3 fully saturated rings. The molecular weight excluding hydrogens is 384 g/mol. The summed E-state index contributed by atoms with van der Waals surface area (Å²) < 4.78 is 8.26. The highest BCUT2D eigenvalue weighted by Crippen LogP contribution is 2.53. The number of rotatable bonds is 2. The fourth-order valence-corrected chi connectivity index (χ4v) is 5.12. The monoisotopic (exact) mass is 408 g/mol. The summed E-state index contributed by atoms with van der Waals surface area (Å²) in [5, 5.41) is 4.32. The molecule has 1 amide bonds. The number of amides is 1. The van der Waals surface area contributed by atoms with E-state index in [-0.39, 0.29) is 23.7 Å². The minimum absolute atomic E-state index is 0.0205. The largest absolute Gasteiger partial charge is 0.378 e.